The Hall–Kier alpha value is -1.65. The van der Waals surface area contributed by atoms with Crippen LogP contribution in [0, 0.1) is 0 Å². The standard InChI is InChI=1S/C17H23N3O/c1-18-9-8-15(12-18)19(2)11-14-10-13-6-4-5-7-16(13)20(3)17(14)21/h4-7,10,15H,8-9,11-12H2,1-3H3. The molecule has 0 saturated carbocycles. The number of aromatic nitrogens is 1. The molecule has 0 amide bonds. The second kappa shape index (κ2) is 5.62. The Bertz CT molecular complexity index is 707. The largest absolute Gasteiger partial charge is 0.311 e. The predicted molar refractivity (Wildman–Crippen MR) is 86.6 cm³/mol. The summed E-state index contributed by atoms with van der Waals surface area (Å²) in [6, 6.07) is 10.7. The van der Waals surface area contributed by atoms with Gasteiger partial charge in [0, 0.05) is 31.7 Å². The fourth-order valence-electron chi connectivity index (χ4n) is 3.27. The van der Waals surface area contributed by atoms with Crippen molar-refractivity contribution in [1.82, 2.24) is 14.4 Å². The Balaban J connectivity index is 1.90. The van der Waals surface area contributed by atoms with Gasteiger partial charge in [-0.1, -0.05) is 18.2 Å². The Kier molecular flexibility index (Phi) is 3.83. The minimum absolute atomic E-state index is 0.118. The van der Waals surface area contributed by atoms with Crippen molar-refractivity contribution in [2.45, 2.75) is 19.0 Å². The van der Waals surface area contributed by atoms with Gasteiger partial charge in [-0.3, -0.25) is 9.69 Å². The highest BCUT2D eigenvalue weighted by Gasteiger charge is 2.23. The summed E-state index contributed by atoms with van der Waals surface area (Å²) in [5.41, 5.74) is 2.00. The van der Waals surface area contributed by atoms with Crippen molar-refractivity contribution < 1.29 is 0 Å². The van der Waals surface area contributed by atoms with Crippen molar-refractivity contribution in [2.75, 3.05) is 27.2 Å². The fraction of sp³-hybridized carbons (Fsp3) is 0.471. The molecule has 3 rings (SSSR count). The van der Waals surface area contributed by atoms with Gasteiger partial charge in [-0.05, 0) is 44.6 Å². The number of benzene rings is 1. The number of rotatable bonds is 3. The number of nitrogens with zero attached hydrogens (tertiary/aromatic N) is 3. The van der Waals surface area contributed by atoms with Gasteiger partial charge in [0.1, 0.15) is 0 Å². The number of pyridine rings is 1. The molecule has 1 aromatic carbocycles. The van der Waals surface area contributed by atoms with Gasteiger partial charge in [0.05, 0.1) is 5.52 Å². The number of likely N-dealkylation sites (tertiary alicyclic amines) is 1. The quantitative estimate of drug-likeness (QED) is 0.859. The van der Waals surface area contributed by atoms with Crippen LogP contribution in [0.15, 0.2) is 35.1 Å². The van der Waals surface area contributed by atoms with E-state index in [1.165, 1.54) is 6.42 Å². The molecule has 0 bridgehead atoms. The zero-order chi connectivity index (χ0) is 15.0. The highest BCUT2D eigenvalue weighted by molar-refractivity contribution is 5.79. The van der Waals surface area contributed by atoms with E-state index in [1.807, 2.05) is 31.3 Å². The van der Waals surface area contributed by atoms with Gasteiger partial charge in [0.25, 0.3) is 5.56 Å². The molecule has 1 unspecified atom stereocenters. The SMILES string of the molecule is CN1CCC(N(C)Cc2cc3ccccc3n(C)c2=O)C1. The summed E-state index contributed by atoms with van der Waals surface area (Å²) in [7, 11) is 6.14. The van der Waals surface area contributed by atoms with E-state index in [-0.39, 0.29) is 5.56 Å². The lowest BCUT2D eigenvalue weighted by atomic mass is 10.1. The number of hydrogen-bond donors (Lipinski definition) is 0. The predicted octanol–water partition coefficient (Wildman–Crippen LogP) is 1.67. The van der Waals surface area contributed by atoms with Gasteiger partial charge in [0.15, 0.2) is 0 Å². The minimum atomic E-state index is 0.118. The minimum Gasteiger partial charge on any atom is -0.311 e. The summed E-state index contributed by atoms with van der Waals surface area (Å²) >= 11 is 0. The average Bonchev–Trinajstić information content (AvgIpc) is 2.91. The summed E-state index contributed by atoms with van der Waals surface area (Å²) in [4.78, 5) is 17.2. The normalized spacial score (nSPS) is 19.7. The van der Waals surface area contributed by atoms with E-state index < -0.39 is 0 Å². The van der Waals surface area contributed by atoms with Crippen molar-refractivity contribution >= 4 is 10.9 Å². The van der Waals surface area contributed by atoms with Crippen LogP contribution in [0.25, 0.3) is 10.9 Å². The van der Waals surface area contributed by atoms with E-state index in [0.29, 0.717) is 6.04 Å². The summed E-state index contributed by atoms with van der Waals surface area (Å²) in [6.45, 7) is 2.95. The van der Waals surface area contributed by atoms with Crippen molar-refractivity contribution in [3.63, 3.8) is 0 Å². The first kappa shape index (κ1) is 14.3. The van der Waals surface area contributed by atoms with E-state index in [9.17, 15) is 4.79 Å². The highest BCUT2D eigenvalue weighted by Crippen LogP contribution is 2.17. The molecule has 21 heavy (non-hydrogen) atoms. The first-order valence-electron chi connectivity index (χ1n) is 7.52. The van der Waals surface area contributed by atoms with Crippen LogP contribution in [0.2, 0.25) is 0 Å². The van der Waals surface area contributed by atoms with Gasteiger partial charge in [-0.25, -0.2) is 0 Å². The Labute approximate surface area is 125 Å². The molecule has 1 aliphatic heterocycles. The van der Waals surface area contributed by atoms with Crippen LogP contribution in [0.4, 0.5) is 0 Å². The van der Waals surface area contributed by atoms with Crippen LogP contribution in [0.3, 0.4) is 0 Å². The molecule has 0 radical (unpaired) electrons. The Morgan fingerprint density at radius 1 is 1.29 bits per heavy atom. The van der Waals surface area contributed by atoms with E-state index in [1.54, 1.807) is 4.57 Å². The van der Waals surface area contributed by atoms with Crippen LogP contribution in [-0.4, -0.2) is 47.6 Å². The molecule has 1 saturated heterocycles. The van der Waals surface area contributed by atoms with Gasteiger partial charge in [0.2, 0.25) is 0 Å². The smallest absolute Gasteiger partial charge is 0.255 e. The van der Waals surface area contributed by atoms with Crippen LogP contribution in [-0.2, 0) is 13.6 Å². The van der Waals surface area contributed by atoms with Gasteiger partial charge in [-0.15, -0.1) is 0 Å². The molecule has 1 aromatic heterocycles. The molecule has 1 aliphatic rings. The maximum absolute atomic E-state index is 12.5. The zero-order valence-corrected chi connectivity index (χ0v) is 13.0. The summed E-state index contributed by atoms with van der Waals surface area (Å²) in [5, 5.41) is 1.13. The Morgan fingerprint density at radius 3 is 2.76 bits per heavy atom. The summed E-state index contributed by atoms with van der Waals surface area (Å²) < 4.78 is 1.76. The number of para-hydroxylation sites is 1. The lowest BCUT2D eigenvalue weighted by Crippen LogP contribution is -2.35. The summed E-state index contributed by atoms with van der Waals surface area (Å²) in [6.07, 6.45) is 1.18. The molecule has 0 N–H and O–H groups in total. The lowest BCUT2D eigenvalue weighted by molar-refractivity contribution is 0.233. The molecular formula is C17H23N3O. The summed E-state index contributed by atoms with van der Waals surface area (Å²) in [5.74, 6) is 0. The lowest BCUT2D eigenvalue weighted by Gasteiger charge is -2.24. The number of aryl methyl sites for hydroxylation is 1. The van der Waals surface area contributed by atoms with Crippen molar-refractivity contribution in [1.29, 1.82) is 0 Å². The fourth-order valence-corrected chi connectivity index (χ4v) is 3.27. The first-order valence-corrected chi connectivity index (χ1v) is 7.52. The van der Waals surface area contributed by atoms with Gasteiger partial charge >= 0.3 is 0 Å². The van der Waals surface area contributed by atoms with Crippen LogP contribution in [0.5, 0.6) is 0 Å². The maximum atomic E-state index is 12.5. The van der Waals surface area contributed by atoms with E-state index in [0.717, 1.165) is 36.1 Å². The van der Waals surface area contributed by atoms with Crippen molar-refractivity contribution in [3.05, 3.63) is 46.2 Å². The second-order valence-electron chi connectivity index (χ2n) is 6.21. The average molecular weight is 285 g/mol. The number of likely N-dealkylation sites (N-methyl/N-ethyl adjacent to an activating group) is 2. The molecule has 2 aromatic rings. The van der Waals surface area contributed by atoms with E-state index in [2.05, 4.69) is 30.0 Å². The third kappa shape index (κ3) is 2.74. The van der Waals surface area contributed by atoms with Gasteiger partial charge < -0.3 is 9.47 Å². The molecule has 4 heteroatoms. The first-order chi connectivity index (χ1) is 10.1. The van der Waals surface area contributed by atoms with E-state index >= 15 is 0 Å². The maximum Gasteiger partial charge on any atom is 0.255 e. The van der Waals surface area contributed by atoms with Gasteiger partial charge in [-0.2, -0.15) is 0 Å². The molecule has 112 valence electrons. The highest BCUT2D eigenvalue weighted by atomic mass is 16.1. The number of hydrogen-bond acceptors (Lipinski definition) is 3. The van der Waals surface area contributed by atoms with Crippen molar-refractivity contribution in [2.24, 2.45) is 7.05 Å². The molecule has 1 atom stereocenters. The molecule has 1 fully saturated rings. The number of fused-ring (bicyclic) bond motifs is 1. The third-order valence-electron chi connectivity index (χ3n) is 4.62. The third-order valence-corrected chi connectivity index (χ3v) is 4.62. The Morgan fingerprint density at radius 2 is 2.05 bits per heavy atom. The van der Waals surface area contributed by atoms with Crippen molar-refractivity contribution in [3.8, 4) is 0 Å². The van der Waals surface area contributed by atoms with E-state index in [4.69, 9.17) is 0 Å². The monoisotopic (exact) mass is 285 g/mol. The molecule has 4 nitrogen and oxygen atoms in total. The molecule has 0 aliphatic carbocycles. The second-order valence-corrected chi connectivity index (χ2v) is 6.21. The van der Waals surface area contributed by atoms with Crippen LogP contribution in [0.1, 0.15) is 12.0 Å². The molecule has 0 spiro atoms. The van der Waals surface area contributed by atoms with Crippen LogP contribution >= 0.6 is 0 Å². The van der Waals surface area contributed by atoms with Crippen LogP contribution < -0.4 is 5.56 Å². The topological polar surface area (TPSA) is 28.5 Å². The zero-order valence-electron chi connectivity index (χ0n) is 13.0. The molecule has 2 heterocycles. The molecular weight excluding hydrogens is 262 g/mol.